The molecule has 3 rings (SSSR count). The number of hydrogen-bond donors (Lipinski definition) is 5. The van der Waals surface area contributed by atoms with E-state index in [1.54, 1.807) is 12.1 Å². The molecule has 0 aliphatic carbocycles. The minimum atomic E-state index is -0.900. The second-order valence-electron chi connectivity index (χ2n) is 9.84. The average Bonchev–Trinajstić information content (AvgIpc) is 2.96. The van der Waals surface area contributed by atoms with Gasteiger partial charge in [0.2, 0.25) is 17.7 Å². The molecule has 3 aromatic rings. The maximum Gasteiger partial charge on any atom is 0.246 e. The molecule has 218 valence electrons. The Bertz CT molecular complexity index is 1270. The first-order chi connectivity index (χ1) is 19.8. The molecule has 0 aliphatic rings. The van der Waals surface area contributed by atoms with Crippen molar-refractivity contribution in [2.24, 2.45) is 5.73 Å². The van der Waals surface area contributed by atoms with Crippen LogP contribution < -0.4 is 27.4 Å². The molecule has 3 amide bonds. The fourth-order valence-electron chi connectivity index (χ4n) is 4.35. The number of para-hydroxylation sites is 1. The number of carbonyl (C=O) groups excluding carboxylic acids is 3. The summed E-state index contributed by atoms with van der Waals surface area (Å²) in [4.78, 5) is 39.8. The second-order valence-corrected chi connectivity index (χ2v) is 11.5. The van der Waals surface area contributed by atoms with Crippen LogP contribution in [0.4, 0.5) is 11.4 Å². The van der Waals surface area contributed by atoms with E-state index in [2.05, 4.69) is 47.8 Å². The van der Waals surface area contributed by atoms with E-state index in [-0.39, 0.29) is 24.7 Å². The number of anilines is 2. The number of halogens is 2. The van der Waals surface area contributed by atoms with Crippen LogP contribution in [-0.4, -0.2) is 36.3 Å². The van der Waals surface area contributed by atoms with Crippen molar-refractivity contribution in [1.82, 2.24) is 10.6 Å². The molecule has 41 heavy (non-hydrogen) atoms. The number of nitrogens with one attached hydrogen (secondary N) is 3. The van der Waals surface area contributed by atoms with Crippen molar-refractivity contribution >= 4 is 61.0 Å². The first-order valence-corrected chi connectivity index (χ1v) is 15.3. The van der Waals surface area contributed by atoms with E-state index in [4.69, 9.17) is 11.5 Å². The molecule has 0 fully saturated rings. The predicted molar refractivity (Wildman–Crippen MR) is 171 cm³/mol. The zero-order valence-corrected chi connectivity index (χ0v) is 26.0. The molecule has 2 atom stereocenters. The van der Waals surface area contributed by atoms with Crippen LogP contribution in [0.1, 0.15) is 43.2 Å². The number of unbranched alkanes of at least 4 members (excludes halogenated alkanes) is 1. The quantitative estimate of drug-likeness (QED) is 0.112. The standard InChI is InChI=1S/C31H37Br2N5O3/c32-24-18-22(19-25(33)29(24)35)20-27(37-28(39)16-9-12-21-10-3-1-4-11-21)31(41)38-26(15-7-8-17-34)30(40)36-23-13-5-2-6-14-23/h1-6,10-11,13-14,18-19,26-27H,7-9,12,15-17,20,34-35H2,(H,36,40)(H,37,39)(H,38,41)/t26-,27+/m1/s1. The van der Waals surface area contributed by atoms with E-state index >= 15 is 0 Å². The molecule has 0 bridgehead atoms. The second kappa shape index (κ2) is 16.9. The normalized spacial score (nSPS) is 12.3. The third kappa shape index (κ3) is 10.9. The molecule has 0 aromatic heterocycles. The largest absolute Gasteiger partial charge is 0.397 e. The summed E-state index contributed by atoms with van der Waals surface area (Å²) in [6.45, 7) is 0.490. The first kappa shape index (κ1) is 32.3. The summed E-state index contributed by atoms with van der Waals surface area (Å²) in [5.74, 6) is -0.998. The summed E-state index contributed by atoms with van der Waals surface area (Å²) in [5.41, 5.74) is 14.8. The summed E-state index contributed by atoms with van der Waals surface area (Å²) in [6.07, 6.45) is 3.68. The van der Waals surface area contributed by atoms with Crippen molar-refractivity contribution < 1.29 is 14.4 Å². The van der Waals surface area contributed by atoms with Gasteiger partial charge in [-0.1, -0.05) is 48.5 Å². The van der Waals surface area contributed by atoms with Crippen LogP contribution in [0.15, 0.2) is 81.7 Å². The number of benzene rings is 3. The van der Waals surface area contributed by atoms with Crippen molar-refractivity contribution in [3.05, 3.63) is 92.9 Å². The van der Waals surface area contributed by atoms with Crippen LogP contribution >= 0.6 is 31.9 Å². The van der Waals surface area contributed by atoms with Gasteiger partial charge in [-0.3, -0.25) is 14.4 Å². The number of carbonyl (C=O) groups is 3. The molecular formula is C31H37Br2N5O3. The van der Waals surface area contributed by atoms with Gasteiger partial charge in [-0.15, -0.1) is 0 Å². The summed E-state index contributed by atoms with van der Waals surface area (Å²) >= 11 is 6.90. The lowest BCUT2D eigenvalue weighted by atomic mass is 10.0. The van der Waals surface area contributed by atoms with Gasteiger partial charge in [0.25, 0.3) is 0 Å². The molecule has 10 heteroatoms. The number of nitrogen functional groups attached to an aromatic ring is 1. The van der Waals surface area contributed by atoms with Crippen LogP contribution in [0, 0.1) is 0 Å². The highest BCUT2D eigenvalue weighted by atomic mass is 79.9. The van der Waals surface area contributed by atoms with E-state index in [9.17, 15) is 14.4 Å². The molecule has 0 aliphatic heterocycles. The number of rotatable bonds is 15. The maximum atomic E-state index is 13.6. The zero-order valence-electron chi connectivity index (χ0n) is 22.9. The maximum absolute atomic E-state index is 13.6. The summed E-state index contributed by atoms with van der Waals surface area (Å²) in [6, 6.07) is 21.0. The van der Waals surface area contributed by atoms with Gasteiger partial charge in [-0.05, 0) is 106 Å². The fourth-order valence-corrected chi connectivity index (χ4v) is 5.63. The minimum absolute atomic E-state index is 0.212. The third-order valence-electron chi connectivity index (χ3n) is 6.56. The predicted octanol–water partition coefficient (Wildman–Crippen LogP) is 5.10. The van der Waals surface area contributed by atoms with Gasteiger partial charge in [0.1, 0.15) is 12.1 Å². The Morgan fingerprint density at radius 2 is 1.39 bits per heavy atom. The molecular weight excluding hydrogens is 650 g/mol. The van der Waals surface area contributed by atoms with Gasteiger partial charge in [0.05, 0.1) is 5.69 Å². The lowest BCUT2D eigenvalue weighted by Gasteiger charge is -2.24. The van der Waals surface area contributed by atoms with Gasteiger partial charge in [0.15, 0.2) is 0 Å². The molecule has 3 aromatic carbocycles. The first-order valence-electron chi connectivity index (χ1n) is 13.7. The van der Waals surface area contributed by atoms with Crippen LogP contribution in [0.3, 0.4) is 0 Å². The number of aryl methyl sites for hydroxylation is 1. The summed E-state index contributed by atoms with van der Waals surface area (Å²) in [7, 11) is 0. The van der Waals surface area contributed by atoms with Crippen molar-refractivity contribution in [2.45, 2.75) is 57.0 Å². The number of nitrogens with two attached hydrogens (primary N) is 2. The monoisotopic (exact) mass is 685 g/mol. The van der Waals surface area contributed by atoms with Gasteiger partial charge < -0.3 is 27.4 Å². The van der Waals surface area contributed by atoms with E-state index in [0.29, 0.717) is 46.1 Å². The minimum Gasteiger partial charge on any atom is -0.397 e. The molecule has 0 saturated carbocycles. The number of hydrogen-bond acceptors (Lipinski definition) is 5. The SMILES string of the molecule is NCCCC[C@@H](NC(=O)[C@H](Cc1cc(Br)c(N)c(Br)c1)NC(=O)CCCc1ccccc1)C(=O)Nc1ccccc1. The van der Waals surface area contributed by atoms with E-state index in [0.717, 1.165) is 24.0 Å². The molecule has 0 unspecified atom stereocenters. The van der Waals surface area contributed by atoms with Crippen LogP contribution in [0.25, 0.3) is 0 Å². The van der Waals surface area contributed by atoms with Gasteiger partial charge >= 0.3 is 0 Å². The lowest BCUT2D eigenvalue weighted by Crippen LogP contribution is -2.53. The Labute approximate surface area is 258 Å². The topological polar surface area (TPSA) is 139 Å². The Kier molecular flexibility index (Phi) is 13.3. The van der Waals surface area contributed by atoms with E-state index < -0.39 is 18.0 Å². The fraction of sp³-hybridized carbons (Fsp3) is 0.323. The van der Waals surface area contributed by atoms with Gasteiger partial charge in [-0.2, -0.15) is 0 Å². The Morgan fingerprint density at radius 3 is 2.02 bits per heavy atom. The molecule has 0 heterocycles. The highest BCUT2D eigenvalue weighted by Crippen LogP contribution is 2.30. The molecule has 0 radical (unpaired) electrons. The zero-order chi connectivity index (χ0) is 29.6. The smallest absolute Gasteiger partial charge is 0.246 e. The Hall–Kier alpha value is -3.21. The lowest BCUT2D eigenvalue weighted by molar-refractivity contribution is -0.131. The van der Waals surface area contributed by atoms with Gasteiger partial charge in [0, 0.05) is 27.5 Å². The highest BCUT2D eigenvalue weighted by Gasteiger charge is 2.27. The summed E-state index contributed by atoms with van der Waals surface area (Å²) in [5, 5.41) is 8.66. The molecule has 7 N–H and O–H groups in total. The molecule has 0 saturated heterocycles. The molecule has 0 spiro atoms. The van der Waals surface area contributed by atoms with E-state index in [1.165, 1.54) is 0 Å². The third-order valence-corrected chi connectivity index (χ3v) is 7.88. The van der Waals surface area contributed by atoms with E-state index in [1.807, 2.05) is 60.7 Å². The van der Waals surface area contributed by atoms with Crippen LogP contribution in [-0.2, 0) is 27.2 Å². The van der Waals surface area contributed by atoms with Gasteiger partial charge in [-0.25, -0.2) is 0 Å². The van der Waals surface area contributed by atoms with Crippen molar-refractivity contribution in [2.75, 3.05) is 17.6 Å². The van der Waals surface area contributed by atoms with Crippen LogP contribution in [0.5, 0.6) is 0 Å². The Morgan fingerprint density at radius 1 is 0.756 bits per heavy atom. The average molecular weight is 687 g/mol. The molecule has 8 nitrogen and oxygen atoms in total. The van der Waals surface area contributed by atoms with Crippen LogP contribution in [0.2, 0.25) is 0 Å². The van der Waals surface area contributed by atoms with Crippen molar-refractivity contribution in [1.29, 1.82) is 0 Å². The van der Waals surface area contributed by atoms with Crippen molar-refractivity contribution in [3.63, 3.8) is 0 Å². The summed E-state index contributed by atoms with van der Waals surface area (Å²) < 4.78 is 1.36. The number of amides is 3. The Balaban J connectivity index is 1.74. The van der Waals surface area contributed by atoms with Crippen molar-refractivity contribution in [3.8, 4) is 0 Å². The highest BCUT2D eigenvalue weighted by molar-refractivity contribution is 9.11.